The number of rotatable bonds is 2. The van der Waals surface area contributed by atoms with Crippen LogP contribution in [0.3, 0.4) is 0 Å². The Hall–Kier alpha value is -1.60. The zero-order chi connectivity index (χ0) is 15.2. The molecule has 0 aliphatic carbocycles. The van der Waals surface area contributed by atoms with Gasteiger partial charge in [-0.25, -0.2) is 0 Å². The van der Waals surface area contributed by atoms with Gasteiger partial charge in [0.25, 0.3) is 0 Å². The predicted molar refractivity (Wildman–Crippen MR) is 80.3 cm³/mol. The number of nitrogens with zero attached hydrogens (tertiary/aromatic N) is 1. The first-order chi connectivity index (χ1) is 9.88. The van der Waals surface area contributed by atoms with Gasteiger partial charge in [0.05, 0.1) is 22.6 Å². The molecule has 110 valence electrons. The summed E-state index contributed by atoms with van der Waals surface area (Å²) in [5.41, 5.74) is 0.398. The third-order valence-electron chi connectivity index (χ3n) is 3.39. The van der Waals surface area contributed by atoms with Crippen LogP contribution < -0.4 is 0 Å². The summed E-state index contributed by atoms with van der Waals surface area (Å²) in [5, 5.41) is 1.96. The van der Waals surface area contributed by atoms with Gasteiger partial charge in [0, 0.05) is 4.88 Å². The third kappa shape index (κ3) is 2.51. The molecule has 21 heavy (non-hydrogen) atoms. The van der Waals surface area contributed by atoms with Crippen LogP contribution in [-0.4, -0.2) is 9.55 Å². The van der Waals surface area contributed by atoms with Gasteiger partial charge < -0.3 is 9.55 Å². The molecule has 0 saturated heterocycles. The molecule has 0 saturated carbocycles. The molecule has 2 nitrogen and oxygen atoms in total. The summed E-state index contributed by atoms with van der Waals surface area (Å²) in [5.74, 6) is 0. The zero-order valence-corrected chi connectivity index (χ0v) is 12.6. The van der Waals surface area contributed by atoms with E-state index in [-0.39, 0.29) is 6.04 Å². The van der Waals surface area contributed by atoms with Crippen LogP contribution in [0.5, 0.6) is 0 Å². The number of benzene rings is 1. The van der Waals surface area contributed by atoms with Gasteiger partial charge in [0.1, 0.15) is 0 Å². The second kappa shape index (κ2) is 4.99. The number of H-pyrrole nitrogens is 1. The lowest BCUT2D eigenvalue weighted by molar-refractivity contribution is -0.137. The van der Waals surface area contributed by atoms with Crippen LogP contribution in [0, 0.1) is 4.77 Å². The van der Waals surface area contributed by atoms with Crippen molar-refractivity contribution in [3.8, 4) is 0 Å². The summed E-state index contributed by atoms with van der Waals surface area (Å²) in [6, 6.07) is 7.56. The molecule has 1 atom stereocenters. The molecule has 1 aromatic carbocycles. The van der Waals surface area contributed by atoms with Crippen molar-refractivity contribution in [2.45, 2.75) is 19.1 Å². The first-order valence-electron chi connectivity index (χ1n) is 6.23. The van der Waals surface area contributed by atoms with Crippen molar-refractivity contribution in [1.82, 2.24) is 9.55 Å². The summed E-state index contributed by atoms with van der Waals surface area (Å²) in [6.07, 6.45) is -4.36. The average molecular weight is 328 g/mol. The van der Waals surface area contributed by atoms with Gasteiger partial charge in [-0.3, -0.25) is 0 Å². The number of halogens is 3. The number of alkyl halides is 3. The standard InChI is InChI=1S/C14H11F3N2S2/c1-8(12-3-2-6-21-12)19-11-5-4-9(14(15,16)17)7-10(11)18-13(19)20/h2-8H,1H3,(H,18,20). The molecular weight excluding hydrogens is 317 g/mol. The van der Waals surface area contributed by atoms with E-state index < -0.39 is 11.7 Å². The number of imidazole rings is 1. The Morgan fingerprint density at radius 2 is 2.05 bits per heavy atom. The highest BCUT2D eigenvalue weighted by molar-refractivity contribution is 7.71. The minimum atomic E-state index is -4.36. The number of hydrogen-bond donors (Lipinski definition) is 1. The maximum absolute atomic E-state index is 12.8. The van der Waals surface area contributed by atoms with Crippen molar-refractivity contribution in [2.24, 2.45) is 0 Å². The van der Waals surface area contributed by atoms with Crippen LogP contribution in [0.25, 0.3) is 11.0 Å². The van der Waals surface area contributed by atoms with Gasteiger partial charge in [-0.2, -0.15) is 13.2 Å². The van der Waals surface area contributed by atoms with Crippen LogP contribution >= 0.6 is 23.6 Å². The highest BCUT2D eigenvalue weighted by atomic mass is 32.1. The molecule has 0 spiro atoms. The van der Waals surface area contributed by atoms with Crippen LogP contribution in [0.15, 0.2) is 35.7 Å². The Kier molecular flexibility index (Phi) is 3.41. The summed E-state index contributed by atoms with van der Waals surface area (Å²) in [6.45, 7) is 1.98. The van der Waals surface area contributed by atoms with Gasteiger partial charge in [0.2, 0.25) is 0 Å². The molecule has 0 amide bonds. The Bertz CT molecular complexity index is 828. The van der Waals surface area contributed by atoms with E-state index in [9.17, 15) is 13.2 Å². The molecule has 0 aliphatic rings. The fourth-order valence-corrected chi connectivity index (χ4v) is 3.49. The van der Waals surface area contributed by atoms with Gasteiger partial charge in [-0.15, -0.1) is 11.3 Å². The normalized spacial score (nSPS) is 13.7. The number of nitrogens with one attached hydrogen (secondary N) is 1. The van der Waals surface area contributed by atoms with E-state index in [1.165, 1.54) is 6.07 Å². The number of hydrogen-bond acceptors (Lipinski definition) is 2. The highest BCUT2D eigenvalue weighted by Gasteiger charge is 2.31. The van der Waals surface area contributed by atoms with E-state index in [2.05, 4.69) is 4.98 Å². The van der Waals surface area contributed by atoms with Crippen LogP contribution in [-0.2, 0) is 6.18 Å². The van der Waals surface area contributed by atoms with Gasteiger partial charge in [-0.1, -0.05) is 6.07 Å². The van der Waals surface area contributed by atoms with Crippen LogP contribution in [0.4, 0.5) is 13.2 Å². The maximum Gasteiger partial charge on any atom is 0.416 e. The number of fused-ring (bicyclic) bond motifs is 1. The summed E-state index contributed by atoms with van der Waals surface area (Å²) in [4.78, 5) is 3.97. The first-order valence-corrected chi connectivity index (χ1v) is 7.51. The van der Waals surface area contributed by atoms with Crippen molar-refractivity contribution in [2.75, 3.05) is 0 Å². The SMILES string of the molecule is CC(c1cccs1)n1c(=S)[nH]c2cc(C(F)(F)F)ccc21. The number of aromatic nitrogens is 2. The molecule has 3 rings (SSSR count). The summed E-state index contributed by atoms with van der Waals surface area (Å²) in [7, 11) is 0. The predicted octanol–water partition coefficient (Wildman–Crippen LogP) is 5.39. The second-order valence-corrected chi connectivity index (χ2v) is 6.09. The first kappa shape index (κ1) is 14.3. The quantitative estimate of drug-likeness (QED) is 0.626. The van der Waals surface area contributed by atoms with E-state index in [4.69, 9.17) is 12.2 Å². The third-order valence-corrected chi connectivity index (χ3v) is 4.73. The highest BCUT2D eigenvalue weighted by Crippen LogP contribution is 2.33. The molecule has 0 radical (unpaired) electrons. The fourth-order valence-electron chi connectivity index (χ4n) is 2.35. The van der Waals surface area contributed by atoms with E-state index >= 15 is 0 Å². The molecule has 2 heterocycles. The van der Waals surface area contributed by atoms with Crippen LogP contribution in [0.2, 0.25) is 0 Å². The lowest BCUT2D eigenvalue weighted by Gasteiger charge is -2.13. The molecule has 0 bridgehead atoms. The van der Waals surface area contributed by atoms with E-state index in [1.54, 1.807) is 11.3 Å². The lowest BCUT2D eigenvalue weighted by atomic mass is 10.2. The molecule has 0 aliphatic heterocycles. The van der Waals surface area contributed by atoms with Gasteiger partial charge in [0.15, 0.2) is 4.77 Å². The molecular formula is C14H11F3N2S2. The maximum atomic E-state index is 12.8. The lowest BCUT2D eigenvalue weighted by Crippen LogP contribution is -2.06. The van der Waals surface area contributed by atoms with E-state index in [1.807, 2.05) is 29.0 Å². The zero-order valence-electron chi connectivity index (χ0n) is 10.9. The molecule has 1 N–H and O–H groups in total. The molecule has 2 aromatic heterocycles. The summed E-state index contributed by atoms with van der Waals surface area (Å²) < 4.78 is 40.5. The second-order valence-electron chi connectivity index (χ2n) is 4.72. The Morgan fingerprint density at radius 1 is 1.29 bits per heavy atom. The van der Waals surface area contributed by atoms with Crippen molar-refractivity contribution in [3.63, 3.8) is 0 Å². The topological polar surface area (TPSA) is 20.7 Å². The molecule has 7 heteroatoms. The van der Waals surface area contributed by atoms with Gasteiger partial charge >= 0.3 is 6.18 Å². The number of thiophene rings is 1. The van der Waals surface area contributed by atoms with Gasteiger partial charge in [-0.05, 0) is 48.8 Å². The van der Waals surface area contributed by atoms with Crippen LogP contribution in [0.1, 0.15) is 23.4 Å². The average Bonchev–Trinajstić information content (AvgIpc) is 3.02. The van der Waals surface area contributed by atoms with Crippen molar-refractivity contribution in [1.29, 1.82) is 0 Å². The van der Waals surface area contributed by atoms with Crippen molar-refractivity contribution >= 4 is 34.6 Å². The minimum Gasteiger partial charge on any atom is -0.331 e. The molecule has 1 unspecified atom stereocenters. The van der Waals surface area contributed by atoms with Crippen molar-refractivity contribution in [3.05, 3.63) is 50.9 Å². The monoisotopic (exact) mass is 328 g/mol. The molecule has 0 fully saturated rings. The Labute approximate surface area is 127 Å². The smallest absolute Gasteiger partial charge is 0.331 e. The summed E-state index contributed by atoms with van der Waals surface area (Å²) >= 11 is 6.86. The minimum absolute atomic E-state index is 0.0250. The fraction of sp³-hybridized carbons (Fsp3) is 0.214. The number of aromatic amines is 1. The van der Waals surface area contributed by atoms with Crippen molar-refractivity contribution < 1.29 is 13.2 Å². The van der Waals surface area contributed by atoms with E-state index in [0.717, 1.165) is 17.0 Å². The molecule has 3 aromatic rings. The Morgan fingerprint density at radius 3 is 2.67 bits per heavy atom. The largest absolute Gasteiger partial charge is 0.416 e. The Balaban J connectivity index is 2.17. The van der Waals surface area contributed by atoms with E-state index in [0.29, 0.717) is 15.8 Å².